The molecule has 108 valence electrons. The molecule has 1 saturated heterocycles. The molecule has 0 saturated carbocycles. The molecule has 0 aliphatic carbocycles. The molecule has 1 fully saturated rings. The van der Waals surface area contributed by atoms with Gasteiger partial charge in [0.25, 0.3) is 0 Å². The summed E-state index contributed by atoms with van der Waals surface area (Å²) in [5.74, 6) is 0.686. The highest BCUT2D eigenvalue weighted by Gasteiger charge is 2.25. The minimum atomic E-state index is 0.265. The van der Waals surface area contributed by atoms with E-state index in [1.807, 2.05) is 17.8 Å². The number of rotatable bonds is 6. The molecule has 4 nitrogen and oxygen atoms in total. The van der Waals surface area contributed by atoms with Gasteiger partial charge in [-0.1, -0.05) is 25.4 Å². The van der Waals surface area contributed by atoms with E-state index in [0.29, 0.717) is 12.0 Å². The molecular formula is C14H24ClN3O. The van der Waals surface area contributed by atoms with Crippen LogP contribution in [0.25, 0.3) is 0 Å². The zero-order valence-electron chi connectivity index (χ0n) is 12.0. The molecule has 2 rings (SSSR count). The Bertz CT molecular complexity index is 386. The molecule has 2 heterocycles. The SMILES string of the molecule is Cc1nn(CC2CCC(CNCC(C)C)O2)cc1Cl. The van der Waals surface area contributed by atoms with Crippen LogP contribution in [-0.4, -0.2) is 35.1 Å². The third kappa shape index (κ3) is 4.48. The summed E-state index contributed by atoms with van der Waals surface area (Å²) in [7, 11) is 0. The number of halogens is 1. The maximum absolute atomic E-state index is 6.03. The van der Waals surface area contributed by atoms with Gasteiger partial charge in [0.15, 0.2) is 0 Å². The molecule has 2 atom stereocenters. The van der Waals surface area contributed by atoms with Crippen molar-refractivity contribution in [2.75, 3.05) is 13.1 Å². The number of ether oxygens (including phenoxy) is 1. The first kappa shape index (κ1) is 14.8. The van der Waals surface area contributed by atoms with Crippen LogP contribution in [0.15, 0.2) is 6.20 Å². The van der Waals surface area contributed by atoms with E-state index in [1.54, 1.807) is 0 Å². The lowest BCUT2D eigenvalue weighted by Gasteiger charge is -2.15. The van der Waals surface area contributed by atoms with Crippen molar-refractivity contribution in [2.45, 2.75) is 52.4 Å². The minimum Gasteiger partial charge on any atom is -0.372 e. The Kier molecular flexibility index (Phi) is 5.25. The molecule has 5 heteroatoms. The van der Waals surface area contributed by atoms with Gasteiger partial charge in [-0.3, -0.25) is 4.68 Å². The highest BCUT2D eigenvalue weighted by atomic mass is 35.5. The van der Waals surface area contributed by atoms with Crippen LogP contribution in [0.2, 0.25) is 5.02 Å². The van der Waals surface area contributed by atoms with Gasteiger partial charge in [0.1, 0.15) is 0 Å². The summed E-state index contributed by atoms with van der Waals surface area (Å²) in [6.45, 7) is 9.16. The maximum Gasteiger partial charge on any atom is 0.0814 e. The molecule has 2 unspecified atom stereocenters. The van der Waals surface area contributed by atoms with Crippen molar-refractivity contribution in [3.8, 4) is 0 Å². The molecule has 0 spiro atoms. The standard InChI is InChI=1S/C14H24ClN3O/c1-10(2)6-16-7-12-4-5-13(19-12)8-18-9-14(15)11(3)17-18/h9-10,12-13,16H,4-8H2,1-3H3. The first-order chi connectivity index (χ1) is 9.04. The van der Waals surface area contributed by atoms with Gasteiger partial charge in [-0.05, 0) is 32.2 Å². The number of nitrogens with zero attached hydrogens (tertiary/aromatic N) is 2. The Labute approximate surface area is 120 Å². The van der Waals surface area contributed by atoms with Crippen LogP contribution in [-0.2, 0) is 11.3 Å². The zero-order chi connectivity index (χ0) is 13.8. The van der Waals surface area contributed by atoms with E-state index in [4.69, 9.17) is 16.3 Å². The predicted octanol–water partition coefficient (Wildman–Crippen LogP) is 2.64. The second-order valence-electron chi connectivity index (χ2n) is 5.79. The fraction of sp³-hybridized carbons (Fsp3) is 0.786. The van der Waals surface area contributed by atoms with Crippen molar-refractivity contribution < 1.29 is 4.74 Å². The predicted molar refractivity (Wildman–Crippen MR) is 77.6 cm³/mol. The summed E-state index contributed by atoms with van der Waals surface area (Å²) in [6.07, 6.45) is 4.72. The monoisotopic (exact) mass is 285 g/mol. The smallest absolute Gasteiger partial charge is 0.0814 e. The number of hydrogen-bond donors (Lipinski definition) is 1. The topological polar surface area (TPSA) is 39.1 Å². The van der Waals surface area contributed by atoms with Crippen LogP contribution in [0.1, 0.15) is 32.4 Å². The van der Waals surface area contributed by atoms with Crippen LogP contribution in [0.4, 0.5) is 0 Å². The Hall–Kier alpha value is -0.580. The summed E-state index contributed by atoms with van der Waals surface area (Å²) in [5.41, 5.74) is 0.884. The summed E-state index contributed by atoms with van der Waals surface area (Å²) < 4.78 is 7.92. The van der Waals surface area contributed by atoms with Crippen LogP contribution in [0.5, 0.6) is 0 Å². The molecule has 1 aromatic heterocycles. The first-order valence-electron chi connectivity index (χ1n) is 7.10. The van der Waals surface area contributed by atoms with Gasteiger partial charge in [-0.15, -0.1) is 0 Å². The lowest BCUT2D eigenvalue weighted by molar-refractivity contribution is 0.0339. The molecule has 1 N–H and O–H groups in total. The molecule has 1 aromatic rings. The summed E-state index contributed by atoms with van der Waals surface area (Å²) >= 11 is 6.01. The normalized spacial score (nSPS) is 23.4. The third-order valence-electron chi connectivity index (χ3n) is 3.40. The van der Waals surface area contributed by atoms with Crippen molar-refractivity contribution >= 4 is 11.6 Å². The molecule has 1 aliphatic rings. The van der Waals surface area contributed by atoms with Gasteiger partial charge in [0.2, 0.25) is 0 Å². The quantitative estimate of drug-likeness (QED) is 0.873. The van der Waals surface area contributed by atoms with Gasteiger partial charge in [0.05, 0.1) is 29.5 Å². The highest BCUT2D eigenvalue weighted by molar-refractivity contribution is 6.31. The van der Waals surface area contributed by atoms with Crippen LogP contribution >= 0.6 is 11.6 Å². The molecule has 0 bridgehead atoms. The van der Waals surface area contributed by atoms with E-state index < -0.39 is 0 Å². The number of aryl methyl sites for hydroxylation is 1. The molecule has 0 aromatic carbocycles. The summed E-state index contributed by atoms with van der Waals surface area (Å²) in [5, 5.41) is 8.56. The van der Waals surface area contributed by atoms with E-state index in [1.165, 1.54) is 0 Å². The van der Waals surface area contributed by atoms with Crippen molar-refractivity contribution in [3.05, 3.63) is 16.9 Å². The van der Waals surface area contributed by atoms with Gasteiger partial charge >= 0.3 is 0 Å². The fourth-order valence-electron chi connectivity index (χ4n) is 2.39. The van der Waals surface area contributed by atoms with Crippen molar-refractivity contribution in [1.82, 2.24) is 15.1 Å². The average Bonchev–Trinajstić information content (AvgIpc) is 2.87. The van der Waals surface area contributed by atoms with Gasteiger partial charge in [-0.25, -0.2) is 0 Å². The lowest BCUT2D eigenvalue weighted by Crippen LogP contribution is -2.30. The van der Waals surface area contributed by atoms with E-state index in [-0.39, 0.29) is 6.10 Å². The van der Waals surface area contributed by atoms with Crippen LogP contribution in [0.3, 0.4) is 0 Å². The maximum atomic E-state index is 6.03. The lowest BCUT2D eigenvalue weighted by atomic mass is 10.2. The Morgan fingerprint density at radius 2 is 2.21 bits per heavy atom. The zero-order valence-corrected chi connectivity index (χ0v) is 12.8. The molecule has 0 amide bonds. The second kappa shape index (κ2) is 6.73. The number of aromatic nitrogens is 2. The largest absolute Gasteiger partial charge is 0.372 e. The van der Waals surface area contributed by atoms with Gasteiger partial charge < -0.3 is 10.1 Å². The van der Waals surface area contributed by atoms with Crippen molar-refractivity contribution in [3.63, 3.8) is 0 Å². The summed E-state index contributed by atoms with van der Waals surface area (Å²) in [6, 6.07) is 0. The van der Waals surface area contributed by atoms with E-state index in [0.717, 1.165) is 43.2 Å². The third-order valence-corrected chi connectivity index (χ3v) is 3.77. The molecular weight excluding hydrogens is 262 g/mol. The van der Waals surface area contributed by atoms with Crippen LogP contribution in [0, 0.1) is 12.8 Å². The Balaban J connectivity index is 1.72. The fourth-order valence-corrected chi connectivity index (χ4v) is 2.54. The van der Waals surface area contributed by atoms with Gasteiger partial charge in [-0.2, -0.15) is 5.10 Å². The first-order valence-corrected chi connectivity index (χ1v) is 7.48. The van der Waals surface area contributed by atoms with E-state index in [9.17, 15) is 0 Å². The van der Waals surface area contributed by atoms with Crippen molar-refractivity contribution in [2.24, 2.45) is 5.92 Å². The number of nitrogens with one attached hydrogen (secondary N) is 1. The Morgan fingerprint density at radius 1 is 1.47 bits per heavy atom. The van der Waals surface area contributed by atoms with Crippen LogP contribution < -0.4 is 5.32 Å². The minimum absolute atomic E-state index is 0.265. The Morgan fingerprint density at radius 3 is 2.84 bits per heavy atom. The summed E-state index contributed by atoms with van der Waals surface area (Å²) in [4.78, 5) is 0. The second-order valence-corrected chi connectivity index (χ2v) is 6.20. The molecule has 19 heavy (non-hydrogen) atoms. The van der Waals surface area contributed by atoms with Crippen molar-refractivity contribution in [1.29, 1.82) is 0 Å². The van der Waals surface area contributed by atoms with E-state index >= 15 is 0 Å². The average molecular weight is 286 g/mol. The highest BCUT2D eigenvalue weighted by Crippen LogP contribution is 2.21. The molecule has 0 radical (unpaired) electrons. The molecule has 1 aliphatic heterocycles. The van der Waals surface area contributed by atoms with Gasteiger partial charge in [0, 0.05) is 12.7 Å². The number of hydrogen-bond acceptors (Lipinski definition) is 3. The van der Waals surface area contributed by atoms with E-state index in [2.05, 4.69) is 24.3 Å².